The van der Waals surface area contributed by atoms with Gasteiger partial charge < -0.3 is 10.6 Å². The number of likely N-dealkylation sites (tertiary alicyclic amines) is 1. The van der Waals surface area contributed by atoms with Gasteiger partial charge in [-0.2, -0.15) is 5.26 Å². The maximum Gasteiger partial charge on any atom is 0.0638 e. The maximum atomic E-state index is 8.42. The van der Waals surface area contributed by atoms with Crippen LogP contribution in [0.1, 0.15) is 12.8 Å². The molecular formula is C8H15N3. The van der Waals surface area contributed by atoms with Crippen LogP contribution < -0.4 is 5.73 Å². The van der Waals surface area contributed by atoms with Gasteiger partial charge in [0.15, 0.2) is 0 Å². The smallest absolute Gasteiger partial charge is 0.0638 e. The molecule has 0 aromatic rings. The second kappa shape index (κ2) is 3.70. The maximum absolute atomic E-state index is 8.42. The summed E-state index contributed by atoms with van der Waals surface area (Å²) in [6, 6.07) is 2.20. The quantitative estimate of drug-likeness (QED) is 0.615. The van der Waals surface area contributed by atoms with E-state index in [0.717, 1.165) is 19.5 Å². The van der Waals surface area contributed by atoms with Crippen LogP contribution in [0.5, 0.6) is 0 Å². The Kier molecular flexibility index (Phi) is 2.86. The Morgan fingerprint density at radius 1 is 1.82 bits per heavy atom. The molecule has 1 aliphatic rings. The predicted molar refractivity (Wildman–Crippen MR) is 43.8 cm³/mol. The zero-order valence-corrected chi connectivity index (χ0v) is 6.95. The molecule has 1 aliphatic heterocycles. The van der Waals surface area contributed by atoms with Gasteiger partial charge in [-0.1, -0.05) is 0 Å². The molecule has 2 N–H and O–H groups in total. The molecule has 2 atom stereocenters. The third-order valence-electron chi connectivity index (χ3n) is 2.36. The van der Waals surface area contributed by atoms with Gasteiger partial charge in [0, 0.05) is 12.6 Å². The first-order valence-electron chi connectivity index (χ1n) is 4.05. The van der Waals surface area contributed by atoms with E-state index in [1.165, 1.54) is 0 Å². The lowest BCUT2D eigenvalue weighted by Crippen LogP contribution is -2.31. The van der Waals surface area contributed by atoms with Crippen molar-refractivity contribution < 1.29 is 0 Å². The van der Waals surface area contributed by atoms with E-state index in [4.69, 9.17) is 11.0 Å². The molecule has 0 bridgehead atoms. The summed E-state index contributed by atoms with van der Waals surface area (Å²) in [6.45, 7) is 2.19. The van der Waals surface area contributed by atoms with Gasteiger partial charge in [0.1, 0.15) is 0 Å². The molecule has 0 spiro atoms. The summed E-state index contributed by atoms with van der Waals surface area (Å²) in [6.07, 6.45) is 1.65. The van der Waals surface area contributed by atoms with E-state index in [-0.39, 0.29) is 6.04 Å². The fourth-order valence-electron chi connectivity index (χ4n) is 1.59. The van der Waals surface area contributed by atoms with Crippen molar-refractivity contribution in [3.8, 4) is 6.07 Å². The second-order valence-electron chi connectivity index (χ2n) is 3.34. The van der Waals surface area contributed by atoms with Gasteiger partial charge in [-0.05, 0) is 25.9 Å². The zero-order valence-electron chi connectivity index (χ0n) is 6.95. The molecule has 0 aromatic heterocycles. The van der Waals surface area contributed by atoms with Crippen molar-refractivity contribution in [2.45, 2.75) is 18.9 Å². The summed E-state index contributed by atoms with van der Waals surface area (Å²) in [4.78, 5) is 2.27. The first-order chi connectivity index (χ1) is 5.24. The second-order valence-corrected chi connectivity index (χ2v) is 3.34. The van der Waals surface area contributed by atoms with Gasteiger partial charge in [-0.25, -0.2) is 0 Å². The number of nitrogens with two attached hydrogens (primary N) is 1. The fourth-order valence-corrected chi connectivity index (χ4v) is 1.59. The molecule has 3 heteroatoms. The van der Waals surface area contributed by atoms with Crippen LogP contribution in [0.2, 0.25) is 0 Å². The Morgan fingerprint density at radius 2 is 2.55 bits per heavy atom. The predicted octanol–water partition coefficient (Wildman–Crippen LogP) is 0.179. The van der Waals surface area contributed by atoms with Crippen molar-refractivity contribution in [1.29, 1.82) is 5.26 Å². The molecule has 0 amide bonds. The standard InChI is InChI=1S/C8H15N3/c1-11-5-3-7(6-11)8(10)2-4-9/h7-8H,2-3,5-6,10H2,1H3. The van der Waals surface area contributed by atoms with Crippen molar-refractivity contribution in [1.82, 2.24) is 4.90 Å². The van der Waals surface area contributed by atoms with E-state index >= 15 is 0 Å². The van der Waals surface area contributed by atoms with Crippen LogP contribution >= 0.6 is 0 Å². The summed E-state index contributed by atoms with van der Waals surface area (Å²) in [5.41, 5.74) is 5.80. The third-order valence-corrected chi connectivity index (χ3v) is 2.36. The van der Waals surface area contributed by atoms with Crippen molar-refractivity contribution in [2.75, 3.05) is 20.1 Å². The molecule has 1 saturated heterocycles. The molecule has 0 aromatic carbocycles. The molecule has 1 rings (SSSR count). The molecular weight excluding hydrogens is 138 g/mol. The lowest BCUT2D eigenvalue weighted by atomic mass is 9.98. The Bertz CT molecular complexity index is 161. The largest absolute Gasteiger partial charge is 0.326 e. The van der Waals surface area contributed by atoms with Crippen LogP contribution in [0.25, 0.3) is 0 Å². The van der Waals surface area contributed by atoms with Crippen LogP contribution in [-0.2, 0) is 0 Å². The van der Waals surface area contributed by atoms with Gasteiger partial charge in [0.2, 0.25) is 0 Å². The normalized spacial score (nSPS) is 28.3. The molecule has 11 heavy (non-hydrogen) atoms. The number of hydrogen-bond donors (Lipinski definition) is 1. The SMILES string of the molecule is CN1CCC(C(N)CC#N)C1. The first-order valence-corrected chi connectivity index (χ1v) is 4.05. The van der Waals surface area contributed by atoms with Crippen LogP contribution in [0.15, 0.2) is 0 Å². The van der Waals surface area contributed by atoms with E-state index in [2.05, 4.69) is 18.0 Å². The fraction of sp³-hybridized carbons (Fsp3) is 0.875. The number of nitriles is 1. The molecule has 0 radical (unpaired) electrons. The highest BCUT2D eigenvalue weighted by Crippen LogP contribution is 2.18. The van der Waals surface area contributed by atoms with E-state index < -0.39 is 0 Å². The average molecular weight is 153 g/mol. The van der Waals surface area contributed by atoms with Gasteiger partial charge in [0.05, 0.1) is 12.5 Å². The Hall–Kier alpha value is -0.590. The average Bonchev–Trinajstić information content (AvgIpc) is 2.36. The lowest BCUT2D eigenvalue weighted by molar-refractivity contribution is 0.371. The van der Waals surface area contributed by atoms with Gasteiger partial charge >= 0.3 is 0 Å². The van der Waals surface area contributed by atoms with Crippen molar-refractivity contribution in [2.24, 2.45) is 11.7 Å². The summed E-state index contributed by atoms with van der Waals surface area (Å²) in [7, 11) is 2.10. The van der Waals surface area contributed by atoms with Crippen molar-refractivity contribution in [3.05, 3.63) is 0 Å². The molecule has 1 heterocycles. The molecule has 0 aliphatic carbocycles. The highest BCUT2D eigenvalue weighted by atomic mass is 15.1. The third kappa shape index (κ3) is 2.18. The Balaban J connectivity index is 2.32. The van der Waals surface area contributed by atoms with Crippen LogP contribution in [0.4, 0.5) is 0 Å². The minimum absolute atomic E-state index is 0.0879. The minimum Gasteiger partial charge on any atom is -0.326 e. The Morgan fingerprint density at radius 3 is 3.00 bits per heavy atom. The van der Waals surface area contributed by atoms with Crippen LogP contribution in [-0.4, -0.2) is 31.1 Å². The minimum atomic E-state index is 0.0879. The van der Waals surface area contributed by atoms with E-state index in [1.807, 2.05) is 0 Å². The molecule has 0 saturated carbocycles. The van der Waals surface area contributed by atoms with E-state index in [9.17, 15) is 0 Å². The van der Waals surface area contributed by atoms with Crippen LogP contribution in [0, 0.1) is 17.2 Å². The van der Waals surface area contributed by atoms with Crippen molar-refractivity contribution in [3.63, 3.8) is 0 Å². The van der Waals surface area contributed by atoms with Gasteiger partial charge in [-0.3, -0.25) is 0 Å². The van der Waals surface area contributed by atoms with Crippen LogP contribution in [0.3, 0.4) is 0 Å². The zero-order chi connectivity index (χ0) is 8.27. The molecule has 2 unspecified atom stereocenters. The topological polar surface area (TPSA) is 53.0 Å². The highest BCUT2D eigenvalue weighted by Gasteiger charge is 2.24. The summed E-state index contributed by atoms with van der Waals surface area (Å²) in [5, 5.41) is 8.42. The highest BCUT2D eigenvalue weighted by molar-refractivity contribution is 4.87. The lowest BCUT2D eigenvalue weighted by Gasteiger charge is -2.15. The summed E-state index contributed by atoms with van der Waals surface area (Å²) < 4.78 is 0. The van der Waals surface area contributed by atoms with Crippen molar-refractivity contribution >= 4 is 0 Å². The summed E-state index contributed by atoms with van der Waals surface area (Å²) in [5.74, 6) is 0.541. The summed E-state index contributed by atoms with van der Waals surface area (Å²) >= 11 is 0. The number of rotatable bonds is 2. The molecule has 62 valence electrons. The monoisotopic (exact) mass is 153 g/mol. The Labute approximate surface area is 67.8 Å². The number of nitrogens with zero attached hydrogens (tertiary/aromatic N) is 2. The van der Waals surface area contributed by atoms with E-state index in [0.29, 0.717) is 12.3 Å². The first kappa shape index (κ1) is 8.51. The van der Waals surface area contributed by atoms with E-state index in [1.54, 1.807) is 0 Å². The van der Waals surface area contributed by atoms with Gasteiger partial charge in [0.25, 0.3) is 0 Å². The number of hydrogen-bond acceptors (Lipinski definition) is 3. The molecule has 3 nitrogen and oxygen atoms in total. The molecule has 1 fully saturated rings. The van der Waals surface area contributed by atoms with Gasteiger partial charge in [-0.15, -0.1) is 0 Å².